The van der Waals surface area contributed by atoms with Gasteiger partial charge in [-0.25, -0.2) is 0 Å². The summed E-state index contributed by atoms with van der Waals surface area (Å²) in [4.78, 5) is 0.175. The molecule has 1 N–H and O–H groups in total. The molecule has 114 valence electrons. The van der Waals surface area contributed by atoms with Crippen LogP contribution in [-0.2, 0) is 16.6 Å². The summed E-state index contributed by atoms with van der Waals surface area (Å²) in [5, 5.41) is 14.0. The zero-order valence-electron chi connectivity index (χ0n) is 11.7. The largest absolute Gasteiger partial charge is 0.392 e. The summed E-state index contributed by atoms with van der Waals surface area (Å²) in [7, 11) is -3.78. The van der Waals surface area contributed by atoms with E-state index < -0.39 is 10.0 Å². The Balaban J connectivity index is 2.25. The highest BCUT2D eigenvalue weighted by atomic mass is 79.9. The summed E-state index contributed by atoms with van der Waals surface area (Å²) >= 11 is 3.38. The molecule has 0 amide bonds. The molecule has 0 aliphatic carbocycles. The van der Waals surface area contributed by atoms with E-state index >= 15 is 0 Å². The summed E-state index contributed by atoms with van der Waals surface area (Å²) < 4.78 is 27.2. The zero-order chi connectivity index (χ0) is 15.9. The SMILES string of the molecule is Cc1ccc(S(=O)(=O)n2ncc3c(Br)cc(CO)cc32)cc1. The van der Waals surface area contributed by atoms with Gasteiger partial charge in [-0.05, 0) is 36.8 Å². The van der Waals surface area contributed by atoms with Crippen LogP contribution < -0.4 is 0 Å². The standard InChI is InChI=1S/C15H13BrN2O3S/c1-10-2-4-12(5-3-10)22(20,21)18-15-7-11(9-19)6-14(16)13(15)8-17-18/h2-8,19H,9H2,1H3. The number of aryl methyl sites for hydroxylation is 1. The average molecular weight is 381 g/mol. The Morgan fingerprint density at radius 3 is 2.55 bits per heavy atom. The zero-order valence-corrected chi connectivity index (χ0v) is 14.1. The van der Waals surface area contributed by atoms with Gasteiger partial charge in [0.25, 0.3) is 10.0 Å². The van der Waals surface area contributed by atoms with Crippen LogP contribution in [0, 0.1) is 6.92 Å². The van der Waals surface area contributed by atoms with Gasteiger partial charge in [0.05, 0.1) is 23.2 Å². The molecule has 3 rings (SSSR count). The first-order chi connectivity index (χ1) is 10.4. The summed E-state index contributed by atoms with van der Waals surface area (Å²) in [6.07, 6.45) is 1.49. The van der Waals surface area contributed by atoms with Crippen LogP contribution in [0.15, 0.2) is 52.0 Å². The second-order valence-corrected chi connectivity index (χ2v) is 7.60. The Morgan fingerprint density at radius 2 is 1.91 bits per heavy atom. The Hall–Kier alpha value is -1.70. The van der Waals surface area contributed by atoms with Crippen LogP contribution in [0.4, 0.5) is 0 Å². The molecule has 0 unspecified atom stereocenters. The van der Waals surface area contributed by atoms with Gasteiger partial charge in [0.15, 0.2) is 0 Å². The van der Waals surface area contributed by atoms with Crippen molar-refractivity contribution in [2.75, 3.05) is 0 Å². The number of aliphatic hydroxyl groups is 1. The number of hydrogen-bond acceptors (Lipinski definition) is 4. The van der Waals surface area contributed by atoms with E-state index in [0.717, 1.165) is 9.65 Å². The predicted octanol–water partition coefficient (Wildman–Crippen LogP) is 2.84. The van der Waals surface area contributed by atoms with Gasteiger partial charge >= 0.3 is 0 Å². The van der Waals surface area contributed by atoms with Crippen LogP contribution in [0.1, 0.15) is 11.1 Å². The molecule has 1 aromatic heterocycles. The van der Waals surface area contributed by atoms with Crippen molar-refractivity contribution in [2.24, 2.45) is 0 Å². The molecular formula is C15H13BrN2O3S. The Bertz CT molecular complexity index is 947. The van der Waals surface area contributed by atoms with E-state index in [9.17, 15) is 13.5 Å². The van der Waals surface area contributed by atoms with Crippen molar-refractivity contribution in [3.05, 3.63) is 58.2 Å². The van der Waals surface area contributed by atoms with E-state index in [0.29, 0.717) is 20.9 Å². The second kappa shape index (κ2) is 5.49. The van der Waals surface area contributed by atoms with Gasteiger partial charge < -0.3 is 5.11 Å². The minimum absolute atomic E-state index is 0.175. The van der Waals surface area contributed by atoms with Crippen molar-refractivity contribution in [1.82, 2.24) is 9.19 Å². The molecule has 0 bridgehead atoms. The van der Waals surface area contributed by atoms with Gasteiger partial charge in [-0.15, -0.1) is 0 Å². The van der Waals surface area contributed by atoms with Crippen molar-refractivity contribution in [2.45, 2.75) is 18.4 Å². The first-order valence-corrected chi connectivity index (χ1v) is 8.76. The third kappa shape index (κ3) is 2.45. The molecule has 0 saturated heterocycles. The van der Waals surface area contributed by atoms with Crippen molar-refractivity contribution in [1.29, 1.82) is 0 Å². The van der Waals surface area contributed by atoms with E-state index in [2.05, 4.69) is 21.0 Å². The maximum Gasteiger partial charge on any atom is 0.283 e. The van der Waals surface area contributed by atoms with Crippen molar-refractivity contribution >= 4 is 36.9 Å². The van der Waals surface area contributed by atoms with Gasteiger partial charge in [-0.3, -0.25) is 0 Å². The molecule has 1 heterocycles. The number of aromatic nitrogens is 2. The van der Waals surface area contributed by atoms with E-state index in [1.807, 2.05) is 6.92 Å². The average Bonchev–Trinajstić information content (AvgIpc) is 2.92. The van der Waals surface area contributed by atoms with E-state index in [-0.39, 0.29) is 11.5 Å². The molecular weight excluding hydrogens is 368 g/mol. The van der Waals surface area contributed by atoms with Crippen LogP contribution in [-0.4, -0.2) is 22.7 Å². The number of rotatable bonds is 3. The van der Waals surface area contributed by atoms with E-state index in [4.69, 9.17) is 0 Å². The molecule has 2 aromatic carbocycles. The molecule has 0 aliphatic rings. The summed E-state index contributed by atoms with van der Waals surface area (Å²) in [6.45, 7) is 1.72. The summed E-state index contributed by atoms with van der Waals surface area (Å²) in [6, 6.07) is 9.97. The lowest BCUT2D eigenvalue weighted by molar-refractivity contribution is 0.282. The first-order valence-electron chi connectivity index (χ1n) is 6.53. The number of benzene rings is 2. The van der Waals surface area contributed by atoms with Crippen LogP contribution in [0.2, 0.25) is 0 Å². The first kappa shape index (κ1) is 15.2. The summed E-state index contributed by atoms with van der Waals surface area (Å²) in [5.74, 6) is 0. The fraction of sp³-hybridized carbons (Fsp3) is 0.133. The molecule has 5 nitrogen and oxygen atoms in total. The van der Waals surface area contributed by atoms with Crippen LogP contribution in [0.25, 0.3) is 10.9 Å². The monoisotopic (exact) mass is 380 g/mol. The molecule has 0 fully saturated rings. The fourth-order valence-electron chi connectivity index (χ4n) is 2.21. The normalized spacial score (nSPS) is 12.0. The highest BCUT2D eigenvalue weighted by molar-refractivity contribution is 9.10. The predicted molar refractivity (Wildman–Crippen MR) is 87.1 cm³/mol. The molecule has 0 radical (unpaired) electrons. The third-order valence-electron chi connectivity index (χ3n) is 3.39. The Morgan fingerprint density at radius 1 is 1.23 bits per heavy atom. The van der Waals surface area contributed by atoms with Crippen molar-refractivity contribution in [3.63, 3.8) is 0 Å². The van der Waals surface area contributed by atoms with Gasteiger partial charge in [0.2, 0.25) is 0 Å². The van der Waals surface area contributed by atoms with E-state index in [1.54, 1.807) is 36.4 Å². The molecule has 7 heteroatoms. The number of halogens is 1. The lowest BCUT2D eigenvalue weighted by atomic mass is 10.2. The van der Waals surface area contributed by atoms with Crippen LogP contribution in [0.5, 0.6) is 0 Å². The lowest BCUT2D eigenvalue weighted by Gasteiger charge is -2.07. The maximum atomic E-state index is 12.8. The molecule has 0 aliphatic heterocycles. The van der Waals surface area contributed by atoms with Crippen molar-refractivity contribution < 1.29 is 13.5 Å². The topological polar surface area (TPSA) is 72.2 Å². The maximum absolute atomic E-state index is 12.8. The number of hydrogen-bond donors (Lipinski definition) is 1. The van der Waals surface area contributed by atoms with Crippen LogP contribution in [0.3, 0.4) is 0 Å². The lowest BCUT2D eigenvalue weighted by Crippen LogP contribution is -2.14. The highest BCUT2D eigenvalue weighted by Crippen LogP contribution is 2.28. The molecule has 0 atom stereocenters. The van der Waals surface area contributed by atoms with E-state index in [1.165, 1.54) is 6.20 Å². The number of nitrogens with zero attached hydrogens (tertiary/aromatic N) is 2. The smallest absolute Gasteiger partial charge is 0.283 e. The quantitative estimate of drug-likeness (QED) is 0.757. The molecule has 0 spiro atoms. The van der Waals surface area contributed by atoms with Crippen LogP contribution >= 0.6 is 15.9 Å². The summed E-state index contributed by atoms with van der Waals surface area (Å²) in [5.41, 5.74) is 2.02. The molecule has 22 heavy (non-hydrogen) atoms. The van der Waals surface area contributed by atoms with Crippen molar-refractivity contribution in [3.8, 4) is 0 Å². The minimum atomic E-state index is -3.78. The van der Waals surface area contributed by atoms with Gasteiger partial charge in [-0.1, -0.05) is 33.6 Å². The Labute approximate surface area is 136 Å². The minimum Gasteiger partial charge on any atom is -0.392 e. The number of fused-ring (bicyclic) bond motifs is 1. The number of aliphatic hydroxyl groups excluding tert-OH is 1. The van der Waals surface area contributed by atoms with Gasteiger partial charge in [0, 0.05) is 9.86 Å². The fourth-order valence-corrected chi connectivity index (χ4v) is 4.07. The molecule has 3 aromatic rings. The third-order valence-corrected chi connectivity index (χ3v) is 5.66. The highest BCUT2D eigenvalue weighted by Gasteiger charge is 2.21. The van der Waals surface area contributed by atoms with Gasteiger partial charge in [-0.2, -0.15) is 17.6 Å². The Kier molecular flexibility index (Phi) is 3.80. The second-order valence-electron chi connectivity index (χ2n) is 4.97. The molecule has 0 saturated carbocycles. The van der Waals surface area contributed by atoms with Gasteiger partial charge in [0.1, 0.15) is 0 Å².